The van der Waals surface area contributed by atoms with E-state index in [2.05, 4.69) is 10.3 Å². The van der Waals surface area contributed by atoms with Crippen LogP contribution in [0.1, 0.15) is 53.8 Å². The molecule has 1 amide bonds. The largest absolute Gasteiger partial charge is 0.416 e. The molecule has 1 aromatic heterocycles. The van der Waals surface area contributed by atoms with E-state index in [4.69, 9.17) is 0 Å². The van der Waals surface area contributed by atoms with Crippen LogP contribution in [0.15, 0.2) is 53.4 Å². The first-order chi connectivity index (χ1) is 15.6. The molecule has 1 saturated heterocycles. The zero-order valence-corrected chi connectivity index (χ0v) is 18.4. The van der Waals surface area contributed by atoms with Crippen molar-refractivity contribution >= 4 is 21.5 Å². The first-order valence-electron chi connectivity index (χ1n) is 10.8. The molecule has 10 heteroatoms. The second-order valence-electron chi connectivity index (χ2n) is 8.71. The molecular weight excluding hydrogens is 455 g/mol. The summed E-state index contributed by atoms with van der Waals surface area (Å²) in [5.41, 5.74) is 0.784. The predicted octanol–water partition coefficient (Wildman–Crippen LogP) is 4.00. The number of benzene rings is 1. The molecule has 33 heavy (non-hydrogen) atoms. The molecule has 2 unspecified atom stereocenters. The number of rotatable bonds is 5. The molecular formula is C23H22F3N3O3S. The first-order valence-corrected chi connectivity index (χ1v) is 12.3. The Hall–Kier alpha value is -2.72. The van der Waals surface area contributed by atoms with E-state index in [1.807, 2.05) is 6.08 Å². The van der Waals surface area contributed by atoms with E-state index in [0.717, 1.165) is 30.5 Å². The number of halogens is 3. The second-order valence-corrected chi connectivity index (χ2v) is 10.6. The topological polar surface area (TPSA) is 79.4 Å². The maximum absolute atomic E-state index is 13.3. The van der Waals surface area contributed by atoms with E-state index in [0.29, 0.717) is 36.7 Å². The van der Waals surface area contributed by atoms with Gasteiger partial charge in [0.15, 0.2) is 0 Å². The highest BCUT2D eigenvalue weighted by Crippen LogP contribution is 2.42. The van der Waals surface area contributed by atoms with Gasteiger partial charge in [-0.25, -0.2) is 13.4 Å². The first kappa shape index (κ1) is 22.1. The van der Waals surface area contributed by atoms with Gasteiger partial charge < -0.3 is 5.32 Å². The monoisotopic (exact) mass is 477 g/mol. The number of carbonyl (C=O) groups is 1. The highest BCUT2D eigenvalue weighted by molar-refractivity contribution is 7.89. The predicted molar refractivity (Wildman–Crippen MR) is 115 cm³/mol. The zero-order valence-electron chi connectivity index (χ0n) is 17.5. The van der Waals surface area contributed by atoms with Crippen molar-refractivity contribution in [3.63, 3.8) is 0 Å². The maximum Gasteiger partial charge on any atom is 0.416 e. The van der Waals surface area contributed by atoms with Crippen molar-refractivity contribution in [2.24, 2.45) is 0 Å². The van der Waals surface area contributed by atoms with E-state index >= 15 is 0 Å². The van der Waals surface area contributed by atoms with Crippen LogP contribution in [0.2, 0.25) is 0 Å². The lowest BCUT2D eigenvalue weighted by atomic mass is 10.00. The van der Waals surface area contributed by atoms with Gasteiger partial charge in [0, 0.05) is 18.1 Å². The second kappa shape index (κ2) is 7.95. The summed E-state index contributed by atoms with van der Waals surface area (Å²) in [5.74, 6) is -0.229. The van der Waals surface area contributed by atoms with Gasteiger partial charge in [-0.05, 0) is 68.0 Å². The average molecular weight is 478 g/mol. The summed E-state index contributed by atoms with van der Waals surface area (Å²) in [7, 11) is -4.11. The lowest BCUT2D eigenvalue weighted by molar-refractivity contribution is -0.137. The molecule has 1 aromatic carbocycles. The van der Waals surface area contributed by atoms with Crippen LogP contribution in [0.25, 0.3) is 5.57 Å². The molecule has 2 aromatic rings. The van der Waals surface area contributed by atoms with Crippen LogP contribution in [0.5, 0.6) is 0 Å². The Labute approximate surface area is 189 Å². The summed E-state index contributed by atoms with van der Waals surface area (Å²) in [6.07, 6.45) is 0.697. The van der Waals surface area contributed by atoms with Gasteiger partial charge >= 0.3 is 6.18 Å². The van der Waals surface area contributed by atoms with Crippen molar-refractivity contribution in [3.8, 4) is 0 Å². The van der Waals surface area contributed by atoms with Crippen molar-refractivity contribution < 1.29 is 26.4 Å². The SMILES string of the molecule is O=C(NC1CC1)c1cccc(C2=CC3CCC(C2)N3S(=O)(=O)c2cccc(C(F)(F)F)c2)n1. The summed E-state index contributed by atoms with van der Waals surface area (Å²) in [6, 6.07) is 8.42. The number of hydrogen-bond acceptors (Lipinski definition) is 4. The number of nitrogens with one attached hydrogen (secondary N) is 1. The van der Waals surface area contributed by atoms with Gasteiger partial charge in [0.2, 0.25) is 10.0 Å². The van der Waals surface area contributed by atoms with Crippen molar-refractivity contribution in [1.29, 1.82) is 0 Å². The lowest BCUT2D eigenvalue weighted by Crippen LogP contribution is -2.43. The van der Waals surface area contributed by atoms with Crippen LogP contribution in [0, 0.1) is 0 Å². The Morgan fingerprint density at radius 2 is 1.82 bits per heavy atom. The van der Waals surface area contributed by atoms with E-state index in [-0.39, 0.29) is 22.9 Å². The van der Waals surface area contributed by atoms with Crippen molar-refractivity contribution in [2.45, 2.75) is 61.3 Å². The smallest absolute Gasteiger partial charge is 0.348 e. The fourth-order valence-corrected chi connectivity index (χ4v) is 6.40. The van der Waals surface area contributed by atoms with Crippen molar-refractivity contribution in [3.05, 3.63) is 65.5 Å². The average Bonchev–Trinajstić information content (AvgIpc) is 3.55. The molecule has 3 aliphatic rings. The number of carbonyl (C=O) groups excluding carboxylic acids is 1. The Kier molecular flexibility index (Phi) is 5.32. The Balaban J connectivity index is 1.42. The van der Waals surface area contributed by atoms with Crippen molar-refractivity contribution in [1.82, 2.24) is 14.6 Å². The lowest BCUT2D eigenvalue weighted by Gasteiger charge is -2.33. The molecule has 2 atom stereocenters. The number of hydrogen-bond donors (Lipinski definition) is 1. The van der Waals surface area contributed by atoms with Crippen LogP contribution >= 0.6 is 0 Å². The third-order valence-corrected chi connectivity index (χ3v) is 8.27. The molecule has 6 nitrogen and oxygen atoms in total. The zero-order chi connectivity index (χ0) is 23.4. The number of aromatic nitrogens is 1. The van der Waals surface area contributed by atoms with Gasteiger partial charge in [-0.1, -0.05) is 18.2 Å². The Morgan fingerprint density at radius 3 is 2.52 bits per heavy atom. The third kappa shape index (κ3) is 4.29. The maximum atomic E-state index is 13.3. The van der Waals surface area contributed by atoms with Gasteiger partial charge in [0.25, 0.3) is 5.91 Å². The Bertz CT molecular complexity index is 1240. The van der Waals surface area contributed by atoms with E-state index in [1.54, 1.807) is 18.2 Å². The summed E-state index contributed by atoms with van der Waals surface area (Å²) < 4.78 is 67.2. The molecule has 3 heterocycles. The third-order valence-electron chi connectivity index (χ3n) is 6.29. The highest BCUT2D eigenvalue weighted by Gasteiger charge is 2.45. The van der Waals surface area contributed by atoms with Gasteiger partial charge in [-0.2, -0.15) is 17.5 Å². The minimum Gasteiger partial charge on any atom is -0.348 e. The van der Waals surface area contributed by atoms with Gasteiger partial charge in [0.1, 0.15) is 5.69 Å². The molecule has 1 N–H and O–H groups in total. The molecule has 2 fully saturated rings. The number of pyridine rings is 1. The van der Waals surface area contributed by atoms with Gasteiger partial charge in [-0.3, -0.25) is 4.79 Å². The van der Waals surface area contributed by atoms with Crippen LogP contribution in [-0.4, -0.2) is 41.7 Å². The highest BCUT2D eigenvalue weighted by atomic mass is 32.2. The normalized spacial score (nSPS) is 23.3. The van der Waals surface area contributed by atoms with Crippen LogP contribution < -0.4 is 5.32 Å². The number of nitrogens with zero attached hydrogens (tertiary/aromatic N) is 2. The number of alkyl halides is 3. The molecule has 1 saturated carbocycles. The molecule has 174 valence electrons. The summed E-state index contributed by atoms with van der Waals surface area (Å²) in [4.78, 5) is 16.5. The molecule has 2 aliphatic heterocycles. The van der Waals surface area contributed by atoms with Crippen LogP contribution in [0.4, 0.5) is 13.2 Å². The Morgan fingerprint density at radius 1 is 1.06 bits per heavy atom. The summed E-state index contributed by atoms with van der Waals surface area (Å²) in [6.45, 7) is 0. The number of amides is 1. The van der Waals surface area contributed by atoms with Crippen LogP contribution in [0.3, 0.4) is 0 Å². The molecule has 0 spiro atoms. The van der Waals surface area contributed by atoms with E-state index in [1.165, 1.54) is 10.4 Å². The number of fused-ring (bicyclic) bond motifs is 2. The molecule has 0 radical (unpaired) electrons. The quantitative estimate of drug-likeness (QED) is 0.706. The fraction of sp³-hybridized carbons (Fsp3) is 0.391. The minimum absolute atomic E-state index is 0.210. The van der Waals surface area contributed by atoms with Crippen LogP contribution in [-0.2, 0) is 16.2 Å². The minimum atomic E-state index is -4.62. The number of sulfonamides is 1. The summed E-state index contributed by atoms with van der Waals surface area (Å²) in [5, 5.41) is 2.90. The molecule has 2 bridgehead atoms. The van der Waals surface area contributed by atoms with Gasteiger partial charge in [-0.15, -0.1) is 0 Å². The summed E-state index contributed by atoms with van der Waals surface area (Å²) >= 11 is 0. The molecule has 5 rings (SSSR count). The molecule has 1 aliphatic carbocycles. The van der Waals surface area contributed by atoms with E-state index < -0.39 is 27.8 Å². The standard InChI is InChI=1S/C23H22F3N3O3S/c24-23(25,26)15-3-1-4-19(13-15)33(31,32)29-17-9-10-18(29)12-14(11-17)20-5-2-6-21(28-20)22(30)27-16-7-8-16/h1-6,11,13,16-18H,7-10,12H2,(H,27,30). The van der Waals surface area contributed by atoms with E-state index in [9.17, 15) is 26.4 Å². The van der Waals surface area contributed by atoms with Crippen molar-refractivity contribution in [2.75, 3.05) is 0 Å². The van der Waals surface area contributed by atoms with Gasteiger partial charge in [0.05, 0.1) is 16.2 Å². The fourth-order valence-electron chi connectivity index (χ4n) is 4.54.